The molecular weight excluding hydrogens is 222 g/mol. The summed E-state index contributed by atoms with van der Waals surface area (Å²) in [4.78, 5) is 6.59. The number of hydrogen-bond donors (Lipinski definition) is 1. The minimum Gasteiger partial charge on any atom is -0.368 e. The van der Waals surface area contributed by atoms with Crippen molar-refractivity contribution in [2.75, 3.05) is 31.1 Å². The van der Waals surface area contributed by atoms with Crippen molar-refractivity contribution in [1.29, 1.82) is 0 Å². The zero-order chi connectivity index (χ0) is 12.0. The first kappa shape index (κ1) is 13.3. The van der Waals surface area contributed by atoms with Crippen LogP contribution in [0.25, 0.3) is 0 Å². The molecule has 1 aromatic heterocycles. The van der Waals surface area contributed by atoms with Crippen LogP contribution in [-0.4, -0.2) is 45.1 Å². The SMILES string of the molecule is CCN(CC)CCSc1nc(N)n(CC)n1. The van der Waals surface area contributed by atoms with Gasteiger partial charge in [0.05, 0.1) is 0 Å². The van der Waals surface area contributed by atoms with Crippen molar-refractivity contribution in [2.24, 2.45) is 0 Å². The molecule has 0 saturated carbocycles. The first-order valence-corrected chi connectivity index (χ1v) is 6.75. The van der Waals surface area contributed by atoms with Crippen LogP contribution in [0.1, 0.15) is 20.8 Å². The zero-order valence-corrected chi connectivity index (χ0v) is 11.1. The van der Waals surface area contributed by atoms with E-state index in [1.807, 2.05) is 6.92 Å². The van der Waals surface area contributed by atoms with Gasteiger partial charge in [-0.1, -0.05) is 25.6 Å². The van der Waals surface area contributed by atoms with Gasteiger partial charge in [0.1, 0.15) is 0 Å². The average Bonchev–Trinajstić information content (AvgIpc) is 2.65. The largest absolute Gasteiger partial charge is 0.368 e. The van der Waals surface area contributed by atoms with Gasteiger partial charge >= 0.3 is 0 Å². The second-order valence-corrected chi connectivity index (χ2v) is 4.51. The van der Waals surface area contributed by atoms with E-state index in [2.05, 4.69) is 28.8 Å². The van der Waals surface area contributed by atoms with Crippen LogP contribution in [-0.2, 0) is 6.54 Å². The van der Waals surface area contributed by atoms with E-state index in [0.29, 0.717) is 5.95 Å². The molecule has 92 valence electrons. The molecule has 1 rings (SSSR count). The molecule has 0 aliphatic rings. The molecule has 0 radical (unpaired) electrons. The Morgan fingerprint density at radius 2 is 2.00 bits per heavy atom. The summed E-state index contributed by atoms with van der Waals surface area (Å²) < 4.78 is 1.72. The van der Waals surface area contributed by atoms with E-state index in [1.165, 1.54) is 0 Å². The number of nitrogen functional groups attached to an aromatic ring is 1. The third-order valence-electron chi connectivity index (χ3n) is 2.51. The Morgan fingerprint density at radius 1 is 1.31 bits per heavy atom. The number of rotatable bonds is 7. The summed E-state index contributed by atoms with van der Waals surface area (Å²) in [5.74, 6) is 1.52. The number of aromatic nitrogens is 3. The van der Waals surface area contributed by atoms with Crippen LogP contribution in [0.3, 0.4) is 0 Å². The molecule has 2 N–H and O–H groups in total. The molecule has 0 unspecified atom stereocenters. The molecule has 0 amide bonds. The van der Waals surface area contributed by atoms with Gasteiger partial charge in [0, 0.05) is 18.8 Å². The van der Waals surface area contributed by atoms with Crippen molar-refractivity contribution in [2.45, 2.75) is 32.5 Å². The van der Waals surface area contributed by atoms with Crippen LogP contribution >= 0.6 is 11.8 Å². The molecule has 16 heavy (non-hydrogen) atoms. The van der Waals surface area contributed by atoms with Gasteiger partial charge in [-0.05, 0) is 20.0 Å². The van der Waals surface area contributed by atoms with E-state index in [9.17, 15) is 0 Å². The molecule has 0 aliphatic carbocycles. The van der Waals surface area contributed by atoms with Gasteiger partial charge in [0.25, 0.3) is 0 Å². The molecule has 0 atom stereocenters. The van der Waals surface area contributed by atoms with Crippen molar-refractivity contribution >= 4 is 17.7 Å². The highest BCUT2D eigenvalue weighted by Gasteiger charge is 2.06. The van der Waals surface area contributed by atoms with Gasteiger partial charge < -0.3 is 10.6 Å². The molecule has 0 bridgehead atoms. The minimum absolute atomic E-state index is 0.507. The molecule has 5 nitrogen and oxygen atoms in total. The molecule has 6 heteroatoms. The van der Waals surface area contributed by atoms with E-state index >= 15 is 0 Å². The van der Waals surface area contributed by atoms with Crippen LogP contribution in [0.5, 0.6) is 0 Å². The fourth-order valence-electron chi connectivity index (χ4n) is 1.43. The number of nitrogens with zero attached hydrogens (tertiary/aromatic N) is 4. The van der Waals surface area contributed by atoms with Gasteiger partial charge in [-0.15, -0.1) is 5.10 Å². The lowest BCUT2D eigenvalue weighted by molar-refractivity contribution is 0.324. The monoisotopic (exact) mass is 243 g/mol. The van der Waals surface area contributed by atoms with E-state index in [0.717, 1.165) is 37.1 Å². The Labute approximate surface area is 101 Å². The molecule has 0 spiro atoms. The highest BCUT2D eigenvalue weighted by molar-refractivity contribution is 7.99. The number of aryl methyl sites for hydroxylation is 1. The zero-order valence-electron chi connectivity index (χ0n) is 10.3. The Morgan fingerprint density at radius 3 is 2.50 bits per heavy atom. The Balaban J connectivity index is 2.36. The van der Waals surface area contributed by atoms with Gasteiger partial charge in [-0.2, -0.15) is 4.98 Å². The Hall–Kier alpha value is -0.750. The van der Waals surface area contributed by atoms with Crippen molar-refractivity contribution in [1.82, 2.24) is 19.7 Å². The summed E-state index contributed by atoms with van der Waals surface area (Å²) >= 11 is 1.67. The van der Waals surface area contributed by atoms with Gasteiger partial charge in [-0.25, -0.2) is 4.68 Å². The second kappa shape index (κ2) is 6.75. The predicted octanol–water partition coefficient (Wildman–Crippen LogP) is 1.31. The highest BCUT2D eigenvalue weighted by atomic mass is 32.2. The molecule has 0 saturated heterocycles. The lowest BCUT2D eigenvalue weighted by Gasteiger charge is -2.16. The fraction of sp³-hybridized carbons (Fsp3) is 0.800. The summed E-state index contributed by atoms with van der Waals surface area (Å²) in [7, 11) is 0. The molecule has 1 aromatic rings. The molecule has 0 aliphatic heterocycles. The highest BCUT2D eigenvalue weighted by Crippen LogP contribution is 2.14. The van der Waals surface area contributed by atoms with Gasteiger partial charge in [0.15, 0.2) is 0 Å². The van der Waals surface area contributed by atoms with Crippen LogP contribution in [0.4, 0.5) is 5.95 Å². The lowest BCUT2D eigenvalue weighted by atomic mass is 10.5. The van der Waals surface area contributed by atoms with Crippen LogP contribution in [0, 0.1) is 0 Å². The third-order valence-corrected chi connectivity index (χ3v) is 3.33. The van der Waals surface area contributed by atoms with E-state index in [-0.39, 0.29) is 0 Å². The summed E-state index contributed by atoms with van der Waals surface area (Å²) in [5.41, 5.74) is 5.70. The number of thioether (sulfide) groups is 1. The van der Waals surface area contributed by atoms with Crippen molar-refractivity contribution < 1.29 is 0 Å². The first-order valence-electron chi connectivity index (χ1n) is 5.76. The van der Waals surface area contributed by atoms with Crippen molar-refractivity contribution in [3.63, 3.8) is 0 Å². The summed E-state index contributed by atoms with van der Waals surface area (Å²) in [6.07, 6.45) is 0. The van der Waals surface area contributed by atoms with Crippen LogP contribution in [0.15, 0.2) is 5.16 Å². The Bertz CT molecular complexity index is 308. The summed E-state index contributed by atoms with van der Waals surface area (Å²) in [5, 5.41) is 5.09. The Kier molecular flexibility index (Phi) is 5.62. The predicted molar refractivity (Wildman–Crippen MR) is 68.6 cm³/mol. The standard InChI is InChI=1S/C10H21N5S/c1-4-14(5-2)7-8-16-10-12-9(11)15(6-3)13-10/h4-8H2,1-3H3,(H2,11,12,13). The number of hydrogen-bond acceptors (Lipinski definition) is 5. The average molecular weight is 243 g/mol. The number of nitrogens with two attached hydrogens (primary N) is 1. The van der Waals surface area contributed by atoms with E-state index < -0.39 is 0 Å². The lowest BCUT2D eigenvalue weighted by Crippen LogP contribution is -2.25. The maximum absolute atomic E-state index is 5.70. The molecule has 0 fully saturated rings. The first-order chi connectivity index (χ1) is 7.71. The smallest absolute Gasteiger partial charge is 0.219 e. The summed E-state index contributed by atoms with van der Waals surface area (Å²) in [6.45, 7) is 10.4. The minimum atomic E-state index is 0.507. The summed E-state index contributed by atoms with van der Waals surface area (Å²) in [6, 6.07) is 0. The molecule has 0 aromatic carbocycles. The molecular formula is C10H21N5S. The fourth-order valence-corrected chi connectivity index (χ4v) is 2.28. The maximum Gasteiger partial charge on any atom is 0.219 e. The molecule has 1 heterocycles. The third kappa shape index (κ3) is 3.68. The van der Waals surface area contributed by atoms with Crippen LogP contribution < -0.4 is 5.73 Å². The van der Waals surface area contributed by atoms with Gasteiger partial charge in [-0.3, -0.25) is 0 Å². The normalized spacial score (nSPS) is 11.2. The van der Waals surface area contributed by atoms with Gasteiger partial charge in [0.2, 0.25) is 11.1 Å². The maximum atomic E-state index is 5.70. The van der Waals surface area contributed by atoms with E-state index in [1.54, 1.807) is 16.4 Å². The quantitative estimate of drug-likeness (QED) is 0.732. The number of anilines is 1. The van der Waals surface area contributed by atoms with Crippen molar-refractivity contribution in [3.8, 4) is 0 Å². The van der Waals surface area contributed by atoms with Crippen molar-refractivity contribution in [3.05, 3.63) is 0 Å². The topological polar surface area (TPSA) is 60.0 Å². The van der Waals surface area contributed by atoms with Crippen LogP contribution in [0.2, 0.25) is 0 Å². The second-order valence-electron chi connectivity index (χ2n) is 3.44. The van der Waals surface area contributed by atoms with E-state index in [4.69, 9.17) is 5.73 Å².